The normalized spacial score (nSPS) is 16.9. The van der Waals surface area contributed by atoms with E-state index in [-0.39, 0.29) is 29.1 Å². The highest BCUT2D eigenvalue weighted by molar-refractivity contribution is 5.99. The molecule has 1 unspecified atom stereocenters. The van der Waals surface area contributed by atoms with Gasteiger partial charge in [0.25, 0.3) is 0 Å². The summed E-state index contributed by atoms with van der Waals surface area (Å²) in [4.78, 5) is 34.0. The number of likely N-dealkylation sites (tertiary alicyclic amines) is 1. The Kier molecular flexibility index (Phi) is 5.75. The number of halogens is 1. The van der Waals surface area contributed by atoms with Crippen LogP contribution < -0.4 is 21.1 Å². The molecular weight excluding hydrogens is 455 g/mol. The standard InChI is InChI=1S/C24H25FN6O4/c1-12-17(9-29-23-22(12)27-4-6-34-23)16-7-14-8-19(28-10-18(14)21(26)20(16)25)30-24(33)35-15-3-5-31(11-15)13(2)32/h7-10,15,27H,3-6,11,26H2,1-2H3,(H,28,30,33). The van der Waals surface area contributed by atoms with Crippen molar-refractivity contribution in [3.8, 4) is 17.0 Å². The van der Waals surface area contributed by atoms with Crippen LogP contribution in [0.2, 0.25) is 0 Å². The number of nitrogen functional groups attached to an aromatic ring is 1. The van der Waals surface area contributed by atoms with E-state index in [9.17, 15) is 9.59 Å². The summed E-state index contributed by atoms with van der Waals surface area (Å²) in [7, 11) is 0. The minimum atomic E-state index is -0.677. The van der Waals surface area contributed by atoms with E-state index in [2.05, 4.69) is 20.6 Å². The Morgan fingerprint density at radius 2 is 2.11 bits per heavy atom. The number of benzene rings is 1. The minimum Gasteiger partial charge on any atom is -0.474 e. The van der Waals surface area contributed by atoms with Crippen LogP contribution >= 0.6 is 0 Å². The number of hydrogen-bond acceptors (Lipinski definition) is 8. The molecule has 2 aromatic heterocycles. The number of pyridine rings is 2. The summed E-state index contributed by atoms with van der Waals surface area (Å²) in [6.45, 7) is 5.40. The van der Waals surface area contributed by atoms with Crippen LogP contribution in [0.3, 0.4) is 0 Å². The molecule has 2 aliphatic heterocycles. The molecule has 1 saturated heterocycles. The van der Waals surface area contributed by atoms with Crippen molar-refractivity contribution in [2.75, 3.05) is 42.6 Å². The van der Waals surface area contributed by atoms with Crippen molar-refractivity contribution < 1.29 is 23.5 Å². The van der Waals surface area contributed by atoms with Crippen LogP contribution in [0.4, 0.5) is 26.4 Å². The summed E-state index contributed by atoms with van der Waals surface area (Å²) < 4.78 is 26.3. The molecule has 2 aliphatic rings. The maximum absolute atomic E-state index is 15.3. The second-order valence-corrected chi connectivity index (χ2v) is 8.60. The predicted octanol–water partition coefficient (Wildman–Crippen LogP) is 3.30. The fourth-order valence-corrected chi connectivity index (χ4v) is 4.45. The summed E-state index contributed by atoms with van der Waals surface area (Å²) in [5, 5.41) is 6.86. The number of nitrogens with one attached hydrogen (secondary N) is 2. The zero-order valence-corrected chi connectivity index (χ0v) is 19.4. The maximum Gasteiger partial charge on any atom is 0.413 e. The molecule has 0 radical (unpaired) electrons. The highest BCUT2D eigenvalue weighted by Crippen LogP contribution is 2.39. The molecular formula is C24H25FN6O4. The fourth-order valence-electron chi connectivity index (χ4n) is 4.45. The number of fused-ring (bicyclic) bond motifs is 2. The van der Waals surface area contributed by atoms with E-state index >= 15 is 4.39 Å². The Labute approximate surface area is 200 Å². The van der Waals surface area contributed by atoms with Crippen LogP contribution in [0, 0.1) is 12.7 Å². The molecule has 0 spiro atoms. The number of aromatic nitrogens is 2. The Hall–Kier alpha value is -4.15. The van der Waals surface area contributed by atoms with Gasteiger partial charge in [0.1, 0.15) is 24.2 Å². The SMILES string of the molecule is CC(=O)N1CCC(OC(=O)Nc2cc3cc(-c4cnc5c(c4C)NCCO5)c(F)c(N)c3cn2)C1. The average Bonchev–Trinajstić information content (AvgIpc) is 3.31. The molecule has 0 aliphatic carbocycles. The molecule has 1 fully saturated rings. The Morgan fingerprint density at radius 1 is 1.29 bits per heavy atom. The van der Waals surface area contributed by atoms with E-state index in [0.29, 0.717) is 54.9 Å². The lowest BCUT2D eigenvalue weighted by molar-refractivity contribution is -0.128. The predicted molar refractivity (Wildman–Crippen MR) is 129 cm³/mol. The number of nitrogens with two attached hydrogens (primary N) is 1. The van der Waals surface area contributed by atoms with Crippen molar-refractivity contribution in [1.82, 2.24) is 14.9 Å². The molecule has 11 heteroatoms. The smallest absolute Gasteiger partial charge is 0.413 e. The van der Waals surface area contributed by atoms with Gasteiger partial charge in [0.15, 0.2) is 5.82 Å². The van der Waals surface area contributed by atoms with Gasteiger partial charge in [0.2, 0.25) is 11.8 Å². The first-order chi connectivity index (χ1) is 16.8. The number of anilines is 3. The van der Waals surface area contributed by atoms with Gasteiger partial charge in [-0.25, -0.2) is 19.2 Å². The summed E-state index contributed by atoms with van der Waals surface area (Å²) >= 11 is 0. The topological polar surface area (TPSA) is 132 Å². The van der Waals surface area contributed by atoms with Crippen molar-refractivity contribution in [1.29, 1.82) is 0 Å². The molecule has 4 heterocycles. The van der Waals surface area contributed by atoms with Crippen LogP contribution in [0.15, 0.2) is 24.5 Å². The van der Waals surface area contributed by atoms with E-state index in [0.717, 1.165) is 11.3 Å². The van der Waals surface area contributed by atoms with Gasteiger partial charge in [-0.2, -0.15) is 0 Å². The molecule has 4 N–H and O–H groups in total. The van der Waals surface area contributed by atoms with E-state index in [1.807, 2.05) is 6.92 Å². The van der Waals surface area contributed by atoms with Gasteiger partial charge >= 0.3 is 6.09 Å². The summed E-state index contributed by atoms with van der Waals surface area (Å²) in [6.07, 6.45) is 2.49. The lowest BCUT2D eigenvalue weighted by Gasteiger charge is -2.22. The third kappa shape index (κ3) is 4.25. The van der Waals surface area contributed by atoms with E-state index in [1.54, 1.807) is 23.2 Å². The second kappa shape index (κ2) is 8.90. The summed E-state index contributed by atoms with van der Waals surface area (Å²) in [5.74, 6) is 0.0871. The maximum atomic E-state index is 15.3. The average molecular weight is 481 g/mol. The molecule has 0 saturated carbocycles. The zero-order valence-electron chi connectivity index (χ0n) is 19.4. The molecule has 5 rings (SSSR count). The Morgan fingerprint density at radius 3 is 2.89 bits per heavy atom. The van der Waals surface area contributed by atoms with Crippen LogP contribution in [0.25, 0.3) is 21.9 Å². The van der Waals surface area contributed by atoms with Crippen LogP contribution in [-0.4, -0.2) is 59.2 Å². The van der Waals surface area contributed by atoms with Crippen molar-refractivity contribution >= 4 is 40.0 Å². The van der Waals surface area contributed by atoms with Gasteiger partial charge in [-0.1, -0.05) is 0 Å². The number of ether oxygens (including phenoxy) is 2. The lowest BCUT2D eigenvalue weighted by atomic mass is 9.97. The first kappa shape index (κ1) is 22.6. The molecule has 0 bridgehead atoms. The van der Waals surface area contributed by atoms with Crippen molar-refractivity contribution in [2.24, 2.45) is 0 Å². The van der Waals surface area contributed by atoms with Gasteiger partial charge in [-0.3, -0.25) is 10.1 Å². The molecule has 2 amide bonds. The fraction of sp³-hybridized carbons (Fsp3) is 0.333. The molecule has 1 aromatic carbocycles. The molecule has 35 heavy (non-hydrogen) atoms. The van der Waals surface area contributed by atoms with Crippen molar-refractivity contribution in [3.05, 3.63) is 35.9 Å². The number of nitrogens with zero attached hydrogens (tertiary/aromatic N) is 3. The van der Waals surface area contributed by atoms with Crippen LogP contribution in [-0.2, 0) is 9.53 Å². The number of hydrogen-bond donors (Lipinski definition) is 3. The largest absolute Gasteiger partial charge is 0.474 e. The quantitative estimate of drug-likeness (QED) is 0.487. The summed E-state index contributed by atoms with van der Waals surface area (Å²) in [5.41, 5.74) is 8.45. The third-order valence-corrected chi connectivity index (χ3v) is 6.33. The third-order valence-electron chi connectivity index (χ3n) is 6.33. The zero-order chi connectivity index (χ0) is 24.7. The molecule has 1 atom stereocenters. The Bertz CT molecular complexity index is 1350. The number of carbonyl (C=O) groups excluding carboxylic acids is 2. The van der Waals surface area contributed by atoms with Gasteiger partial charge in [0.05, 0.1) is 12.2 Å². The summed E-state index contributed by atoms with van der Waals surface area (Å²) in [6, 6.07) is 3.26. The second-order valence-electron chi connectivity index (χ2n) is 8.60. The highest BCUT2D eigenvalue weighted by atomic mass is 19.1. The number of rotatable bonds is 3. The van der Waals surface area contributed by atoms with Crippen molar-refractivity contribution in [3.63, 3.8) is 0 Å². The van der Waals surface area contributed by atoms with Gasteiger partial charge in [-0.05, 0) is 30.0 Å². The first-order valence-electron chi connectivity index (χ1n) is 11.3. The molecule has 3 aromatic rings. The number of amides is 2. The minimum absolute atomic E-state index is 0.0456. The highest BCUT2D eigenvalue weighted by Gasteiger charge is 2.27. The molecule has 182 valence electrons. The van der Waals surface area contributed by atoms with Crippen LogP contribution in [0.1, 0.15) is 18.9 Å². The van der Waals surface area contributed by atoms with Gasteiger partial charge in [0, 0.05) is 55.3 Å². The van der Waals surface area contributed by atoms with Crippen LogP contribution in [0.5, 0.6) is 5.88 Å². The monoisotopic (exact) mass is 480 g/mol. The first-order valence-corrected chi connectivity index (χ1v) is 11.3. The molecule has 10 nitrogen and oxygen atoms in total. The van der Waals surface area contributed by atoms with E-state index in [4.69, 9.17) is 15.2 Å². The van der Waals surface area contributed by atoms with Gasteiger partial charge in [-0.15, -0.1) is 0 Å². The number of carbonyl (C=O) groups is 2. The Balaban J connectivity index is 1.42. The lowest BCUT2D eigenvalue weighted by Crippen LogP contribution is -2.29. The van der Waals surface area contributed by atoms with E-state index < -0.39 is 11.9 Å². The van der Waals surface area contributed by atoms with Crippen molar-refractivity contribution in [2.45, 2.75) is 26.4 Å². The van der Waals surface area contributed by atoms with Gasteiger partial charge < -0.3 is 25.4 Å². The van der Waals surface area contributed by atoms with E-state index in [1.165, 1.54) is 13.1 Å².